The minimum Gasteiger partial charge on any atom is -0.479 e. The van der Waals surface area contributed by atoms with Gasteiger partial charge in [0.2, 0.25) is 5.91 Å². The van der Waals surface area contributed by atoms with Crippen LogP contribution in [0.15, 0.2) is 83.5 Å². The Hall–Kier alpha value is -4.13. The molecule has 0 radical (unpaired) electrons. The number of carbonyl (C=O) groups is 1. The van der Waals surface area contributed by atoms with Crippen molar-refractivity contribution < 1.29 is 9.53 Å². The van der Waals surface area contributed by atoms with Gasteiger partial charge in [0, 0.05) is 29.9 Å². The van der Waals surface area contributed by atoms with Crippen LogP contribution in [-0.2, 0) is 16.1 Å². The molecule has 3 rings (SSSR count). The summed E-state index contributed by atoms with van der Waals surface area (Å²) in [6.07, 6.45) is 7.06. The summed E-state index contributed by atoms with van der Waals surface area (Å²) in [6, 6.07) is 18.8. The summed E-state index contributed by atoms with van der Waals surface area (Å²) in [5.74, 6) is 0.610. The Bertz CT molecular complexity index is 1260. The molecule has 1 amide bonds. The summed E-state index contributed by atoms with van der Waals surface area (Å²) < 4.78 is 7.10. The van der Waals surface area contributed by atoms with E-state index in [-0.39, 0.29) is 11.5 Å². The molecule has 0 spiro atoms. The Morgan fingerprint density at radius 1 is 1.06 bits per heavy atom. The van der Waals surface area contributed by atoms with Crippen LogP contribution in [0.1, 0.15) is 44.7 Å². The van der Waals surface area contributed by atoms with Crippen LogP contribution in [0.3, 0.4) is 0 Å². The third kappa shape index (κ3) is 7.98. The molecule has 1 heterocycles. The largest absolute Gasteiger partial charge is 0.479 e. The van der Waals surface area contributed by atoms with Crippen LogP contribution in [0, 0.1) is 0 Å². The van der Waals surface area contributed by atoms with E-state index >= 15 is 0 Å². The van der Waals surface area contributed by atoms with E-state index in [4.69, 9.17) is 4.74 Å². The lowest BCUT2D eigenvalue weighted by Gasteiger charge is -2.13. The van der Waals surface area contributed by atoms with Gasteiger partial charge in [-0.15, -0.1) is 0 Å². The number of ether oxygens (including phenoxy) is 1. The molecule has 3 aromatic rings. The van der Waals surface area contributed by atoms with E-state index in [2.05, 4.69) is 22.7 Å². The first-order chi connectivity index (χ1) is 17.5. The normalized spacial score (nSPS) is 11.5. The van der Waals surface area contributed by atoms with Crippen LogP contribution in [0.4, 0.5) is 5.69 Å². The lowest BCUT2D eigenvalue weighted by molar-refractivity contribution is -0.116. The van der Waals surface area contributed by atoms with E-state index in [1.807, 2.05) is 68.5 Å². The van der Waals surface area contributed by atoms with Gasteiger partial charge in [-0.05, 0) is 61.2 Å². The molecule has 0 fully saturated rings. The van der Waals surface area contributed by atoms with Crippen molar-refractivity contribution >= 4 is 17.7 Å². The van der Waals surface area contributed by atoms with Gasteiger partial charge in [0.05, 0.1) is 18.8 Å². The van der Waals surface area contributed by atoms with Crippen molar-refractivity contribution in [3.8, 4) is 11.3 Å². The van der Waals surface area contributed by atoms with Crippen LogP contribution in [0.5, 0.6) is 0 Å². The Balaban J connectivity index is 1.74. The average Bonchev–Trinajstić information content (AvgIpc) is 2.88. The Labute approximate surface area is 212 Å². The fourth-order valence-corrected chi connectivity index (χ4v) is 3.51. The van der Waals surface area contributed by atoms with Crippen LogP contribution in [0.2, 0.25) is 0 Å². The van der Waals surface area contributed by atoms with Crippen LogP contribution < -0.4 is 16.2 Å². The number of carbonyl (C=O) groups excluding carboxylic acids is 1. The predicted molar refractivity (Wildman–Crippen MR) is 145 cm³/mol. The summed E-state index contributed by atoms with van der Waals surface area (Å²) in [7, 11) is 0. The van der Waals surface area contributed by atoms with Gasteiger partial charge in [-0.1, -0.05) is 50.2 Å². The van der Waals surface area contributed by atoms with Crippen molar-refractivity contribution in [2.24, 2.45) is 0 Å². The van der Waals surface area contributed by atoms with Gasteiger partial charge in [0.25, 0.3) is 5.56 Å². The first kappa shape index (κ1) is 26.5. The SMILES string of the molecule is CC/C=C(\Nc1cccc(Cn2nc(-c3ccc(/C=C/C(=O)NCCC)cc3)ccc2=O)c1)OCC. The summed E-state index contributed by atoms with van der Waals surface area (Å²) in [5, 5.41) is 10.7. The second kappa shape index (κ2) is 13.7. The Kier molecular flexibility index (Phi) is 10.1. The number of hydrogen-bond acceptors (Lipinski definition) is 5. The predicted octanol–water partition coefficient (Wildman–Crippen LogP) is 5.20. The van der Waals surface area contributed by atoms with Crippen molar-refractivity contribution in [3.63, 3.8) is 0 Å². The molecule has 188 valence electrons. The fraction of sp³-hybridized carbons (Fsp3) is 0.276. The Morgan fingerprint density at radius 3 is 2.58 bits per heavy atom. The first-order valence-electron chi connectivity index (χ1n) is 12.4. The number of nitrogens with one attached hydrogen (secondary N) is 2. The van der Waals surface area contributed by atoms with Crippen molar-refractivity contribution in [3.05, 3.63) is 100 Å². The maximum Gasteiger partial charge on any atom is 0.267 e. The minimum absolute atomic E-state index is 0.107. The number of hydrogen-bond donors (Lipinski definition) is 2. The lowest BCUT2D eigenvalue weighted by Crippen LogP contribution is -2.22. The number of benzene rings is 2. The molecule has 0 saturated carbocycles. The van der Waals surface area contributed by atoms with E-state index in [9.17, 15) is 9.59 Å². The number of aromatic nitrogens is 2. The maximum atomic E-state index is 12.5. The summed E-state index contributed by atoms with van der Waals surface area (Å²) in [5.41, 5.74) is 4.16. The van der Waals surface area contributed by atoms with E-state index in [1.54, 1.807) is 12.1 Å². The molecular formula is C29H34N4O3. The van der Waals surface area contributed by atoms with Crippen molar-refractivity contribution in [2.75, 3.05) is 18.5 Å². The van der Waals surface area contributed by atoms with Gasteiger partial charge < -0.3 is 15.4 Å². The smallest absolute Gasteiger partial charge is 0.267 e. The molecule has 36 heavy (non-hydrogen) atoms. The second-order valence-corrected chi connectivity index (χ2v) is 8.20. The summed E-state index contributed by atoms with van der Waals surface area (Å²) >= 11 is 0. The zero-order valence-corrected chi connectivity index (χ0v) is 21.2. The standard InChI is InChI=1S/C29H34N4O3/c1-4-8-28(36-6-3)31-25-10-7-9-23(20-25)21-33-29(35)18-16-26(32-33)24-14-11-22(12-15-24)13-17-27(34)30-19-5-2/h7-18,20,31H,4-6,19,21H2,1-3H3,(H,30,34)/b17-13+,28-8+. The molecule has 7 nitrogen and oxygen atoms in total. The molecule has 0 bridgehead atoms. The highest BCUT2D eigenvalue weighted by Gasteiger charge is 2.06. The molecule has 0 saturated heterocycles. The van der Waals surface area contributed by atoms with E-state index in [1.165, 1.54) is 16.8 Å². The highest BCUT2D eigenvalue weighted by molar-refractivity contribution is 5.91. The average molecular weight is 487 g/mol. The molecular weight excluding hydrogens is 452 g/mol. The zero-order valence-electron chi connectivity index (χ0n) is 21.2. The molecule has 2 aromatic carbocycles. The summed E-state index contributed by atoms with van der Waals surface area (Å²) in [4.78, 5) is 24.3. The van der Waals surface area contributed by atoms with Gasteiger partial charge >= 0.3 is 0 Å². The first-order valence-corrected chi connectivity index (χ1v) is 12.4. The minimum atomic E-state index is -0.171. The summed E-state index contributed by atoms with van der Waals surface area (Å²) in [6.45, 7) is 7.60. The highest BCUT2D eigenvalue weighted by Crippen LogP contribution is 2.18. The molecule has 0 aliphatic heterocycles. The topological polar surface area (TPSA) is 85.3 Å². The lowest BCUT2D eigenvalue weighted by atomic mass is 10.1. The van der Waals surface area contributed by atoms with Crippen molar-refractivity contribution in [1.29, 1.82) is 0 Å². The molecule has 7 heteroatoms. The van der Waals surface area contributed by atoms with Crippen LogP contribution in [0.25, 0.3) is 17.3 Å². The third-order valence-corrected chi connectivity index (χ3v) is 5.27. The molecule has 2 N–H and O–H groups in total. The highest BCUT2D eigenvalue weighted by atomic mass is 16.5. The number of rotatable bonds is 12. The second-order valence-electron chi connectivity index (χ2n) is 8.20. The van der Waals surface area contributed by atoms with Crippen LogP contribution in [-0.4, -0.2) is 28.8 Å². The van der Waals surface area contributed by atoms with Crippen molar-refractivity contribution in [1.82, 2.24) is 15.1 Å². The molecule has 0 unspecified atom stereocenters. The van der Waals surface area contributed by atoms with Gasteiger partial charge in [-0.2, -0.15) is 5.10 Å². The number of amides is 1. The number of allylic oxidation sites excluding steroid dienone is 1. The fourth-order valence-electron chi connectivity index (χ4n) is 3.51. The van der Waals surface area contributed by atoms with E-state index in [0.717, 1.165) is 35.2 Å². The Morgan fingerprint density at radius 2 is 1.86 bits per heavy atom. The van der Waals surface area contributed by atoms with E-state index < -0.39 is 0 Å². The van der Waals surface area contributed by atoms with Gasteiger partial charge in [0.1, 0.15) is 0 Å². The maximum absolute atomic E-state index is 12.5. The van der Waals surface area contributed by atoms with E-state index in [0.29, 0.717) is 31.3 Å². The van der Waals surface area contributed by atoms with Crippen LogP contribution >= 0.6 is 0 Å². The monoisotopic (exact) mass is 486 g/mol. The van der Waals surface area contributed by atoms with Crippen molar-refractivity contribution in [2.45, 2.75) is 40.2 Å². The third-order valence-electron chi connectivity index (χ3n) is 5.27. The molecule has 1 aromatic heterocycles. The van der Waals surface area contributed by atoms with Gasteiger partial charge in [-0.25, -0.2) is 4.68 Å². The van der Waals surface area contributed by atoms with Gasteiger partial charge in [0.15, 0.2) is 5.88 Å². The number of nitrogens with zero attached hydrogens (tertiary/aromatic N) is 2. The molecule has 0 atom stereocenters. The molecule has 0 aliphatic carbocycles. The zero-order chi connectivity index (χ0) is 25.8. The molecule has 0 aliphatic rings. The van der Waals surface area contributed by atoms with Gasteiger partial charge in [-0.3, -0.25) is 9.59 Å². The quantitative estimate of drug-likeness (QED) is 0.272. The number of anilines is 1.